The summed E-state index contributed by atoms with van der Waals surface area (Å²) in [5.41, 5.74) is -0.333. The predicted molar refractivity (Wildman–Crippen MR) is 90.3 cm³/mol. The molecule has 1 heterocycles. The van der Waals surface area contributed by atoms with Crippen molar-refractivity contribution in [1.29, 1.82) is 0 Å². The molecule has 0 radical (unpaired) electrons. The molecular weight excluding hydrogens is 339 g/mol. The second kappa shape index (κ2) is 6.34. The van der Waals surface area contributed by atoms with Crippen LogP contribution < -0.4 is 9.61 Å². The fourth-order valence-electron chi connectivity index (χ4n) is 1.73. The topological polar surface area (TPSA) is 44.1 Å². The van der Waals surface area contributed by atoms with Gasteiger partial charge in [-0.1, -0.05) is 49.6 Å². The smallest absolute Gasteiger partial charge is 0.329 e. The maximum atomic E-state index is 14.2. The van der Waals surface area contributed by atoms with Gasteiger partial charge < -0.3 is 4.74 Å². The van der Waals surface area contributed by atoms with Crippen molar-refractivity contribution in [2.24, 2.45) is 0 Å². The van der Waals surface area contributed by atoms with Crippen LogP contribution in [0.3, 0.4) is 0 Å². The van der Waals surface area contributed by atoms with Crippen LogP contribution in [0.15, 0.2) is 16.9 Å². The molecule has 0 spiro atoms. The highest BCUT2D eigenvalue weighted by Crippen LogP contribution is 2.31. The molecule has 0 aliphatic rings. The molecule has 2 aromatic rings. The summed E-state index contributed by atoms with van der Waals surface area (Å²) in [6.45, 7) is 7.44. The molecule has 122 valence electrons. The van der Waals surface area contributed by atoms with Crippen LogP contribution in [0.2, 0.25) is 5.02 Å². The van der Waals surface area contributed by atoms with Crippen molar-refractivity contribution in [3.05, 3.63) is 37.6 Å². The third-order valence-corrected chi connectivity index (χ3v) is 4.49. The summed E-state index contributed by atoms with van der Waals surface area (Å²) in [7, 11) is 0. The first-order chi connectivity index (χ1) is 10.6. The second-order valence-corrected chi connectivity index (χ2v) is 7.34. The average Bonchev–Trinajstić information content (AvgIpc) is 2.83. The Morgan fingerprint density at radius 3 is 2.65 bits per heavy atom. The number of aromatic nitrogens is 2. The minimum Gasteiger partial charge on any atom is -0.476 e. The Bertz CT molecular complexity index is 830. The van der Waals surface area contributed by atoms with Gasteiger partial charge in [0.25, 0.3) is 0 Å². The molecule has 0 fully saturated rings. The van der Waals surface area contributed by atoms with Crippen LogP contribution in [0.5, 0.6) is 5.75 Å². The molecule has 0 aliphatic heterocycles. The van der Waals surface area contributed by atoms with E-state index in [9.17, 15) is 9.18 Å². The summed E-state index contributed by atoms with van der Waals surface area (Å²) < 4.78 is 20.7. The van der Waals surface area contributed by atoms with Gasteiger partial charge in [-0.25, -0.2) is 4.39 Å². The molecule has 1 atom stereocenters. The zero-order valence-corrected chi connectivity index (χ0v) is 14.8. The third-order valence-electron chi connectivity index (χ3n) is 2.96. The number of hydrogen-bond acceptors (Lipinski definition) is 4. The zero-order valence-electron chi connectivity index (χ0n) is 13.2. The van der Waals surface area contributed by atoms with Crippen LogP contribution >= 0.6 is 22.9 Å². The molecule has 23 heavy (non-hydrogen) atoms. The van der Waals surface area contributed by atoms with Gasteiger partial charge in [0, 0.05) is 11.5 Å². The largest absolute Gasteiger partial charge is 0.476 e. The highest BCUT2D eigenvalue weighted by Gasteiger charge is 2.23. The van der Waals surface area contributed by atoms with E-state index >= 15 is 0 Å². The lowest BCUT2D eigenvalue weighted by atomic mass is 9.98. The van der Waals surface area contributed by atoms with Gasteiger partial charge >= 0.3 is 4.87 Å². The van der Waals surface area contributed by atoms with Gasteiger partial charge in [0.1, 0.15) is 16.4 Å². The van der Waals surface area contributed by atoms with Crippen molar-refractivity contribution in [3.8, 4) is 23.8 Å². The van der Waals surface area contributed by atoms with Crippen LogP contribution in [0.25, 0.3) is 5.69 Å². The van der Waals surface area contributed by atoms with E-state index in [0.29, 0.717) is 5.01 Å². The monoisotopic (exact) mass is 354 g/mol. The molecular formula is C16H16ClFN2O2S. The average molecular weight is 355 g/mol. The Kier molecular flexibility index (Phi) is 4.83. The van der Waals surface area contributed by atoms with E-state index in [-0.39, 0.29) is 26.7 Å². The Morgan fingerprint density at radius 2 is 2.13 bits per heavy atom. The summed E-state index contributed by atoms with van der Waals surface area (Å²) in [4.78, 5) is 11.8. The van der Waals surface area contributed by atoms with Crippen molar-refractivity contribution < 1.29 is 9.13 Å². The SMILES string of the molecule is C#CC(C)Oc1cc(-n2nc(C(C)(C)C)sc2=O)c(F)cc1Cl. The van der Waals surface area contributed by atoms with E-state index in [1.165, 1.54) is 6.07 Å². The molecule has 1 aromatic carbocycles. The van der Waals surface area contributed by atoms with Crippen LogP contribution in [0.4, 0.5) is 4.39 Å². The maximum Gasteiger partial charge on any atom is 0.329 e. The fourth-order valence-corrected chi connectivity index (χ4v) is 2.74. The van der Waals surface area contributed by atoms with Crippen LogP contribution in [0.1, 0.15) is 32.7 Å². The summed E-state index contributed by atoms with van der Waals surface area (Å²) in [5, 5.41) is 4.91. The normalized spacial score (nSPS) is 12.7. The highest BCUT2D eigenvalue weighted by atomic mass is 35.5. The van der Waals surface area contributed by atoms with Gasteiger partial charge in [0.15, 0.2) is 11.9 Å². The molecule has 0 saturated carbocycles. The van der Waals surface area contributed by atoms with Crippen LogP contribution in [-0.2, 0) is 5.41 Å². The first-order valence-electron chi connectivity index (χ1n) is 6.86. The van der Waals surface area contributed by atoms with E-state index < -0.39 is 11.9 Å². The molecule has 0 aliphatic carbocycles. The molecule has 0 N–H and O–H groups in total. The van der Waals surface area contributed by atoms with Gasteiger partial charge in [0.05, 0.1) is 5.02 Å². The number of terminal acetylenes is 1. The zero-order chi connectivity index (χ0) is 17.4. The fraction of sp³-hybridized carbons (Fsp3) is 0.375. The molecule has 0 bridgehead atoms. The first-order valence-corrected chi connectivity index (χ1v) is 8.05. The van der Waals surface area contributed by atoms with Crippen molar-refractivity contribution in [2.75, 3.05) is 0 Å². The minimum absolute atomic E-state index is 0.0228. The van der Waals surface area contributed by atoms with Gasteiger partial charge in [-0.05, 0) is 13.0 Å². The number of benzene rings is 1. The number of nitrogens with zero attached hydrogens (tertiary/aromatic N) is 2. The standard InChI is InChI=1S/C16H16ClFN2O2S/c1-6-9(2)22-13-8-12(11(18)7-10(13)17)20-15(21)23-14(19-20)16(3,4)5/h1,7-9H,2-5H3. The molecule has 7 heteroatoms. The number of hydrogen-bond donors (Lipinski definition) is 0. The van der Waals surface area contributed by atoms with Crippen molar-refractivity contribution >= 4 is 22.9 Å². The van der Waals surface area contributed by atoms with Crippen LogP contribution in [0, 0.1) is 18.2 Å². The van der Waals surface area contributed by atoms with E-state index in [0.717, 1.165) is 22.1 Å². The third kappa shape index (κ3) is 3.74. The number of ether oxygens (including phenoxy) is 1. The summed E-state index contributed by atoms with van der Waals surface area (Å²) in [5.74, 6) is 1.93. The summed E-state index contributed by atoms with van der Waals surface area (Å²) in [6, 6.07) is 2.41. The maximum absolute atomic E-state index is 14.2. The molecule has 2 rings (SSSR count). The van der Waals surface area contributed by atoms with Crippen molar-refractivity contribution in [3.63, 3.8) is 0 Å². The summed E-state index contributed by atoms with van der Waals surface area (Å²) in [6.07, 6.45) is 4.73. The molecule has 0 amide bonds. The van der Waals surface area contributed by atoms with Gasteiger partial charge in [-0.2, -0.15) is 9.78 Å². The van der Waals surface area contributed by atoms with E-state index in [1.54, 1.807) is 6.92 Å². The Balaban J connectivity index is 2.56. The number of halogens is 2. The van der Waals surface area contributed by atoms with E-state index in [2.05, 4.69) is 11.0 Å². The molecule has 1 aromatic heterocycles. The Morgan fingerprint density at radius 1 is 1.48 bits per heavy atom. The predicted octanol–water partition coefficient (Wildman–Crippen LogP) is 3.78. The quantitative estimate of drug-likeness (QED) is 0.788. The van der Waals surface area contributed by atoms with Gasteiger partial charge in [0.2, 0.25) is 0 Å². The van der Waals surface area contributed by atoms with E-state index in [1.807, 2.05) is 20.8 Å². The molecule has 1 unspecified atom stereocenters. The van der Waals surface area contributed by atoms with Crippen molar-refractivity contribution in [1.82, 2.24) is 9.78 Å². The lowest BCUT2D eigenvalue weighted by molar-refractivity contribution is 0.278. The minimum atomic E-state index is -0.663. The Labute approximate surface area is 142 Å². The molecule has 0 saturated heterocycles. The van der Waals surface area contributed by atoms with Crippen molar-refractivity contribution in [2.45, 2.75) is 39.2 Å². The summed E-state index contributed by atoms with van der Waals surface area (Å²) >= 11 is 6.95. The highest BCUT2D eigenvalue weighted by molar-refractivity contribution is 7.09. The Hall–Kier alpha value is -1.84. The lowest BCUT2D eigenvalue weighted by Gasteiger charge is -2.14. The van der Waals surface area contributed by atoms with Gasteiger partial charge in [-0.3, -0.25) is 4.79 Å². The number of rotatable bonds is 3. The van der Waals surface area contributed by atoms with Crippen LogP contribution in [-0.4, -0.2) is 15.9 Å². The first kappa shape index (κ1) is 17.5. The molecule has 4 nitrogen and oxygen atoms in total. The van der Waals surface area contributed by atoms with E-state index in [4.69, 9.17) is 22.8 Å². The lowest BCUT2D eigenvalue weighted by Crippen LogP contribution is -2.16. The van der Waals surface area contributed by atoms with Gasteiger partial charge in [-0.15, -0.1) is 6.42 Å². The second-order valence-electron chi connectivity index (χ2n) is 6.00.